The highest BCUT2D eigenvalue weighted by atomic mass is 32.2. The van der Waals surface area contributed by atoms with E-state index < -0.39 is 0 Å². The van der Waals surface area contributed by atoms with Crippen LogP contribution in [0.25, 0.3) is 0 Å². The lowest BCUT2D eigenvalue weighted by Crippen LogP contribution is -2.62. The van der Waals surface area contributed by atoms with E-state index in [4.69, 9.17) is 5.84 Å². The summed E-state index contributed by atoms with van der Waals surface area (Å²) in [6.07, 6.45) is 37.5. The Morgan fingerprint density at radius 2 is 1.76 bits per heavy atom. The van der Waals surface area contributed by atoms with Crippen LogP contribution in [0.2, 0.25) is 0 Å². The smallest absolute Gasteiger partial charge is 0.0651 e. The van der Waals surface area contributed by atoms with Gasteiger partial charge in [0, 0.05) is 50.9 Å². The van der Waals surface area contributed by atoms with E-state index in [1.54, 1.807) is 22.3 Å². The number of thioether (sulfide) groups is 1. The molecular formula is C51H69N3S. The van der Waals surface area contributed by atoms with Crippen molar-refractivity contribution in [3.05, 3.63) is 113 Å². The summed E-state index contributed by atoms with van der Waals surface area (Å²) in [5, 5.41) is 2.25. The highest BCUT2D eigenvalue weighted by molar-refractivity contribution is 8.01. The van der Waals surface area contributed by atoms with Crippen molar-refractivity contribution in [3.63, 3.8) is 0 Å². The van der Waals surface area contributed by atoms with Gasteiger partial charge in [0.25, 0.3) is 0 Å². The van der Waals surface area contributed by atoms with Crippen LogP contribution in [0.15, 0.2) is 112 Å². The van der Waals surface area contributed by atoms with Crippen molar-refractivity contribution in [3.8, 4) is 0 Å². The first-order valence-electron chi connectivity index (χ1n) is 22.2. The minimum atomic E-state index is -0.00662. The van der Waals surface area contributed by atoms with Crippen LogP contribution in [-0.4, -0.2) is 40.0 Å². The Bertz CT molecular complexity index is 1900. The number of nitrogens with two attached hydrogens (primary N) is 1. The topological polar surface area (TPSA) is 32.5 Å². The van der Waals surface area contributed by atoms with Crippen LogP contribution in [0.3, 0.4) is 0 Å². The molecule has 12 unspecified atom stereocenters. The molecule has 9 rings (SSSR count). The summed E-state index contributed by atoms with van der Waals surface area (Å²) in [5.74, 6) is 10.9. The van der Waals surface area contributed by atoms with Gasteiger partial charge in [0.1, 0.15) is 0 Å². The molecule has 2 fully saturated rings. The van der Waals surface area contributed by atoms with Gasteiger partial charge in [-0.2, -0.15) is 0 Å². The third-order valence-corrected chi connectivity index (χ3v) is 18.9. The molecule has 0 bridgehead atoms. The summed E-state index contributed by atoms with van der Waals surface area (Å²) in [6.45, 7) is 19.7. The molecule has 0 spiro atoms. The zero-order chi connectivity index (χ0) is 38.3. The molecule has 12 atom stereocenters. The third-order valence-electron chi connectivity index (χ3n) is 17.1. The molecule has 0 radical (unpaired) electrons. The van der Waals surface area contributed by atoms with E-state index in [0.29, 0.717) is 41.7 Å². The molecule has 2 N–H and O–H groups in total. The molecule has 0 aromatic heterocycles. The van der Waals surface area contributed by atoms with Crippen LogP contribution in [0.1, 0.15) is 124 Å². The van der Waals surface area contributed by atoms with Crippen LogP contribution in [-0.2, 0) is 0 Å². The van der Waals surface area contributed by atoms with Crippen molar-refractivity contribution in [2.24, 2.45) is 51.7 Å². The van der Waals surface area contributed by atoms with Gasteiger partial charge in [0.15, 0.2) is 0 Å². The van der Waals surface area contributed by atoms with Gasteiger partial charge >= 0.3 is 0 Å². The van der Waals surface area contributed by atoms with E-state index in [-0.39, 0.29) is 21.0 Å². The lowest BCUT2D eigenvalue weighted by Gasteiger charge is -2.61. The van der Waals surface area contributed by atoms with Crippen LogP contribution < -0.4 is 5.84 Å². The highest BCUT2D eigenvalue weighted by Gasteiger charge is 2.74. The molecular weight excluding hydrogens is 687 g/mol. The normalized spacial score (nSPS) is 43.6. The van der Waals surface area contributed by atoms with Gasteiger partial charge in [0.05, 0.1) is 6.67 Å². The molecule has 8 aliphatic rings. The number of fused-ring (bicyclic) bond motifs is 7. The van der Waals surface area contributed by atoms with E-state index in [0.717, 1.165) is 32.0 Å². The van der Waals surface area contributed by atoms with Crippen LogP contribution in [0.5, 0.6) is 0 Å². The van der Waals surface area contributed by atoms with Crippen LogP contribution in [0, 0.1) is 45.8 Å². The van der Waals surface area contributed by atoms with E-state index in [9.17, 15) is 0 Å². The van der Waals surface area contributed by atoms with Crippen molar-refractivity contribution in [2.75, 3.05) is 13.2 Å². The minimum Gasteiger partial charge on any atom is -0.279 e. The number of nitrogens with zero attached hydrogens (tertiary/aromatic N) is 2. The minimum absolute atomic E-state index is 0.00662. The lowest BCUT2D eigenvalue weighted by atomic mass is 9.46. The van der Waals surface area contributed by atoms with E-state index in [1.165, 1.54) is 61.8 Å². The Morgan fingerprint density at radius 3 is 2.53 bits per heavy atom. The molecule has 1 saturated heterocycles. The van der Waals surface area contributed by atoms with Gasteiger partial charge in [-0.1, -0.05) is 126 Å². The average Bonchev–Trinajstić information content (AvgIpc) is 3.58. The largest absolute Gasteiger partial charge is 0.279 e. The van der Waals surface area contributed by atoms with E-state index >= 15 is 0 Å². The molecule has 0 amide bonds. The Balaban J connectivity index is 1.00. The summed E-state index contributed by atoms with van der Waals surface area (Å²) in [4.78, 5) is 4.42. The Hall–Kier alpha value is -2.37. The fourth-order valence-corrected chi connectivity index (χ4v) is 15.8. The van der Waals surface area contributed by atoms with E-state index in [1.807, 2.05) is 0 Å². The fraction of sp³-hybridized carbons (Fsp3) is 0.608. The van der Waals surface area contributed by atoms with Gasteiger partial charge in [0.2, 0.25) is 0 Å². The number of rotatable bonds is 7. The summed E-state index contributed by atoms with van der Waals surface area (Å²) >= 11 is 2.21. The Labute approximate surface area is 338 Å². The number of likely N-dealkylation sites (tertiary alicyclic amines) is 1. The predicted molar refractivity (Wildman–Crippen MR) is 233 cm³/mol. The monoisotopic (exact) mass is 756 g/mol. The molecule has 3 nitrogen and oxygen atoms in total. The SMILES string of the molecule is CC1CC=C(C2=CC(C)C(C3=CC(C)(CN(N)CN4C5C=CCC(C)C5(C)C5(C)C4CCC4c6ccccc6SC45C)CC(C4=CCCC=C4)C3)C=C2)CC1. The Kier molecular flexibility index (Phi) is 9.84. The fourth-order valence-electron chi connectivity index (χ4n) is 13.9. The summed E-state index contributed by atoms with van der Waals surface area (Å²) in [5.41, 5.74) is 8.14. The van der Waals surface area contributed by atoms with Crippen LogP contribution >= 0.6 is 11.8 Å². The van der Waals surface area contributed by atoms with Gasteiger partial charge in [-0.15, -0.1) is 11.8 Å². The summed E-state index contributed by atoms with van der Waals surface area (Å²) < 4.78 is 0.145. The molecule has 2 heterocycles. The molecule has 55 heavy (non-hydrogen) atoms. The molecule has 1 aromatic rings. The van der Waals surface area contributed by atoms with Crippen molar-refractivity contribution in [1.29, 1.82) is 0 Å². The highest BCUT2D eigenvalue weighted by Crippen LogP contribution is 2.76. The first-order chi connectivity index (χ1) is 26.3. The second-order valence-electron chi connectivity index (χ2n) is 20.4. The molecule has 1 aromatic carbocycles. The summed E-state index contributed by atoms with van der Waals surface area (Å²) in [6, 6.07) is 10.2. The Morgan fingerprint density at radius 1 is 0.927 bits per heavy atom. The van der Waals surface area contributed by atoms with Gasteiger partial charge < -0.3 is 0 Å². The zero-order valence-electron chi connectivity index (χ0n) is 35.1. The molecule has 6 aliphatic carbocycles. The third kappa shape index (κ3) is 6.08. The number of hydrogen-bond donors (Lipinski definition) is 1. The van der Waals surface area contributed by atoms with Crippen molar-refractivity contribution in [1.82, 2.24) is 9.91 Å². The van der Waals surface area contributed by atoms with Crippen molar-refractivity contribution >= 4 is 11.8 Å². The predicted octanol–water partition coefficient (Wildman–Crippen LogP) is 12.3. The molecule has 294 valence electrons. The van der Waals surface area contributed by atoms with Crippen molar-refractivity contribution < 1.29 is 0 Å². The number of allylic oxidation sites excluding steroid dienone is 12. The second kappa shape index (κ2) is 14.2. The molecule has 2 aliphatic heterocycles. The average molecular weight is 756 g/mol. The molecule has 4 heteroatoms. The first-order valence-corrected chi connectivity index (χ1v) is 23.0. The maximum atomic E-state index is 7.40. The summed E-state index contributed by atoms with van der Waals surface area (Å²) in [7, 11) is 0. The number of hydrogen-bond acceptors (Lipinski definition) is 4. The maximum absolute atomic E-state index is 7.40. The zero-order valence-corrected chi connectivity index (χ0v) is 35.9. The quantitative estimate of drug-likeness (QED) is 0.171. The first kappa shape index (κ1) is 38.2. The number of benzene rings is 1. The van der Waals surface area contributed by atoms with Crippen molar-refractivity contribution in [2.45, 2.75) is 140 Å². The van der Waals surface area contributed by atoms with Gasteiger partial charge in [-0.3, -0.25) is 10.7 Å². The maximum Gasteiger partial charge on any atom is 0.0651 e. The lowest BCUT2D eigenvalue weighted by molar-refractivity contribution is -0.0291. The van der Waals surface area contributed by atoms with Gasteiger partial charge in [-0.25, -0.2) is 5.01 Å². The van der Waals surface area contributed by atoms with E-state index in [2.05, 4.69) is 155 Å². The second-order valence-corrected chi connectivity index (χ2v) is 21.9. The molecule has 1 saturated carbocycles. The van der Waals surface area contributed by atoms with Crippen LogP contribution in [0.4, 0.5) is 0 Å². The van der Waals surface area contributed by atoms with Gasteiger partial charge in [-0.05, 0) is 129 Å². The standard InChI is InChI=1S/C51H69N3S/c1-34-20-22-38(23-21-34)39-24-25-42(35(2)28-39)41-29-40(37-15-9-8-10-16-37)30-48(4,31-41)32-53(52)33-54-46-19-13-14-36(3)49(46,5)50(6)47(54)27-26-44-43-17-11-12-18-45(43)55-51(44,50)7/h9,11-13,15-19,22,24-25,28,31,34-36,40,42,44,46-47H,8,10,14,20-21,23,26-27,29-30,32-33,52H2,1-7H3. The number of hydrazine groups is 1.